The minimum absolute atomic E-state index is 0. The summed E-state index contributed by atoms with van der Waals surface area (Å²) in [5.74, 6) is 0. The van der Waals surface area contributed by atoms with Crippen molar-refractivity contribution in [2.24, 2.45) is 0 Å². The van der Waals surface area contributed by atoms with Crippen molar-refractivity contribution in [2.75, 3.05) is 18.9 Å². The normalized spacial score (nSPS) is 10.8. The SMILES string of the molecule is CCn1cc(CN(CCO)Cc2cnc(N)s2)cn1.Cl. The van der Waals surface area contributed by atoms with E-state index in [1.807, 2.05) is 17.1 Å². The van der Waals surface area contributed by atoms with Gasteiger partial charge in [-0.3, -0.25) is 9.58 Å². The number of thiazole rings is 1. The molecular formula is C12H20ClN5OS. The number of rotatable bonds is 7. The summed E-state index contributed by atoms with van der Waals surface area (Å²) in [5.41, 5.74) is 6.77. The first-order valence-corrected chi connectivity index (χ1v) is 7.07. The van der Waals surface area contributed by atoms with Crippen LogP contribution < -0.4 is 5.73 Å². The standard InChI is InChI=1S/C12H19N5OS.ClH/c1-2-17-8-10(5-15-17)7-16(3-4-18)9-11-6-14-12(13)19-11;/h5-6,8,18H,2-4,7,9H2,1H3,(H2,13,14);1H. The molecule has 0 spiro atoms. The molecule has 6 nitrogen and oxygen atoms in total. The largest absolute Gasteiger partial charge is 0.395 e. The van der Waals surface area contributed by atoms with E-state index in [0.717, 1.165) is 30.1 Å². The highest BCUT2D eigenvalue weighted by Gasteiger charge is 2.10. The first-order valence-electron chi connectivity index (χ1n) is 6.26. The summed E-state index contributed by atoms with van der Waals surface area (Å²) >= 11 is 1.48. The van der Waals surface area contributed by atoms with Gasteiger partial charge in [0, 0.05) is 49.0 Å². The molecule has 112 valence electrons. The van der Waals surface area contributed by atoms with E-state index in [4.69, 9.17) is 10.8 Å². The molecule has 0 amide bonds. The van der Waals surface area contributed by atoms with Crippen LogP contribution in [0.5, 0.6) is 0 Å². The fourth-order valence-electron chi connectivity index (χ4n) is 1.89. The van der Waals surface area contributed by atoms with Crippen LogP contribution in [0.15, 0.2) is 18.6 Å². The molecule has 0 aliphatic heterocycles. The number of nitrogen functional groups attached to an aromatic ring is 1. The van der Waals surface area contributed by atoms with Gasteiger partial charge in [0.1, 0.15) is 0 Å². The number of aliphatic hydroxyl groups is 1. The van der Waals surface area contributed by atoms with Crippen molar-refractivity contribution in [3.8, 4) is 0 Å². The van der Waals surface area contributed by atoms with Crippen LogP contribution in [0, 0.1) is 0 Å². The lowest BCUT2D eigenvalue weighted by Crippen LogP contribution is -2.25. The maximum Gasteiger partial charge on any atom is 0.180 e. The fraction of sp³-hybridized carbons (Fsp3) is 0.500. The van der Waals surface area contributed by atoms with Crippen molar-refractivity contribution in [3.05, 3.63) is 29.0 Å². The van der Waals surface area contributed by atoms with E-state index >= 15 is 0 Å². The van der Waals surface area contributed by atoms with Crippen molar-refractivity contribution in [3.63, 3.8) is 0 Å². The molecule has 0 fully saturated rings. The van der Waals surface area contributed by atoms with Gasteiger partial charge in [-0.25, -0.2) is 4.98 Å². The maximum atomic E-state index is 9.15. The lowest BCUT2D eigenvalue weighted by atomic mass is 10.3. The molecule has 0 aromatic carbocycles. The molecule has 2 heterocycles. The third kappa shape index (κ3) is 4.75. The summed E-state index contributed by atoms with van der Waals surface area (Å²) < 4.78 is 1.90. The Hall–Kier alpha value is -1.15. The molecule has 0 radical (unpaired) electrons. The molecule has 8 heteroatoms. The van der Waals surface area contributed by atoms with Crippen molar-refractivity contribution in [1.82, 2.24) is 19.7 Å². The molecule has 0 bridgehead atoms. The lowest BCUT2D eigenvalue weighted by molar-refractivity contribution is 0.185. The van der Waals surface area contributed by atoms with Crippen LogP contribution in [0.1, 0.15) is 17.4 Å². The number of aryl methyl sites for hydroxylation is 1. The quantitative estimate of drug-likeness (QED) is 0.806. The maximum absolute atomic E-state index is 9.15. The molecule has 0 aliphatic rings. The summed E-state index contributed by atoms with van der Waals surface area (Å²) in [5, 5.41) is 14.0. The zero-order chi connectivity index (χ0) is 13.7. The molecule has 2 aromatic rings. The number of nitrogens with two attached hydrogens (primary N) is 1. The first kappa shape index (κ1) is 16.9. The second-order valence-corrected chi connectivity index (χ2v) is 5.45. The average molecular weight is 318 g/mol. The summed E-state index contributed by atoms with van der Waals surface area (Å²) in [6.07, 6.45) is 5.69. The van der Waals surface area contributed by atoms with Gasteiger partial charge < -0.3 is 10.8 Å². The minimum atomic E-state index is 0. The number of anilines is 1. The topological polar surface area (TPSA) is 80.2 Å². The van der Waals surface area contributed by atoms with Crippen LogP contribution in [0.3, 0.4) is 0 Å². The molecule has 0 saturated carbocycles. The molecular weight excluding hydrogens is 298 g/mol. The van der Waals surface area contributed by atoms with Gasteiger partial charge in [-0.15, -0.1) is 23.7 Å². The predicted octanol–water partition coefficient (Wildman–Crippen LogP) is 1.36. The number of hydrogen-bond acceptors (Lipinski definition) is 6. The fourth-order valence-corrected chi connectivity index (χ4v) is 2.62. The van der Waals surface area contributed by atoms with Crippen LogP contribution in [0.4, 0.5) is 5.13 Å². The van der Waals surface area contributed by atoms with Gasteiger partial charge in [0.25, 0.3) is 0 Å². The van der Waals surface area contributed by atoms with E-state index in [0.29, 0.717) is 11.7 Å². The Balaban J connectivity index is 0.00000200. The summed E-state index contributed by atoms with van der Waals surface area (Å²) in [7, 11) is 0. The summed E-state index contributed by atoms with van der Waals surface area (Å²) in [6, 6.07) is 0. The van der Waals surface area contributed by atoms with Gasteiger partial charge >= 0.3 is 0 Å². The third-order valence-corrected chi connectivity index (χ3v) is 3.60. The zero-order valence-corrected chi connectivity index (χ0v) is 13.0. The molecule has 0 aliphatic carbocycles. The van der Waals surface area contributed by atoms with Gasteiger partial charge in [0.15, 0.2) is 5.13 Å². The second-order valence-electron chi connectivity index (χ2n) is 4.30. The van der Waals surface area contributed by atoms with E-state index < -0.39 is 0 Å². The van der Waals surface area contributed by atoms with Crippen LogP contribution in [0.2, 0.25) is 0 Å². The Morgan fingerprint density at radius 1 is 1.40 bits per heavy atom. The van der Waals surface area contributed by atoms with Gasteiger partial charge in [-0.1, -0.05) is 0 Å². The van der Waals surface area contributed by atoms with Crippen molar-refractivity contribution in [2.45, 2.75) is 26.6 Å². The highest BCUT2D eigenvalue weighted by atomic mass is 35.5. The van der Waals surface area contributed by atoms with E-state index in [1.54, 1.807) is 6.20 Å². The van der Waals surface area contributed by atoms with E-state index in [2.05, 4.69) is 21.9 Å². The third-order valence-electron chi connectivity index (χ3n) is 2.78. The number of nitrogens with zero attached hydrogens (tertiary/aromatic N) is 4. The molecule has 0 atom stereocenters. The van der Waals surface area contributed by atoms with Crippen LogP contribution >= 0.6 is 23.7 Å². The monoisotopic (exact) mass is 317 g/mol. The minimum Gasteiger partial charge on any atom is -0.395 e. The molecule has 3 N–H and O–H groups in total. The van der Waals surface area contributed by atoms with Crippen molar-refractivity contribution in [1.29, 1.82) is 0 Å². The molecule has 20 heavy (non-hydrogen) atoms. The Labute approximate surface area is 128 Å². The Morgan fingerprint density at radius 3 is 2.75 bits per heavy atom. The second kappa shape index (κ2) is 8.21. The molecule has 2 rings (SSSR count). The van der Waals surface area contributed by atoms with Gasteiger partial charge in [-0.05, 0) is 6.92 Å². The van der Waals surface area contributed by atoms with Crippen LogP contribution in [-0.2, 0) is 19.6 Å². The van der Waals surface area contributed by atoms with Crippen molar-refractivity contribution >= 4 is 28.9 Å². The molecule has 0 saturated heterocycles. The molecule has 0 unspecified atom stereocenters. The van der Waals surface area contributed by atoms with E-state index in [9.17, 15) is 0 Å². The number of aromatic nitrogens is 3. The highest BCUT2D eigenvalue weighted by molar-refractivity contribution is 7.15. The average Bonchev–Trinajstić information content (AvgIpc) is 2.99. The number of halogens is 1. The lowest BCUT2D eigenvalue weighted by Gasteiger charge is -2.19. The number of hydrogen-bond donors (Lipinski definition) is 2. The van der Waals surface area contributed by atoms with Gasteiger partial charge in [-0.2, -0.15) is 5.10 Å². The Kier molecular flexibility index (Phi) is 6.94. The Morgan fingerprint density at radius 2 is 2.20 bits per heavy atom. The Bertz CT molecular complexity index is 515. The zero-order valence-electron chi connectivity index (χ0n) is 11.4. The van der Waals surface area contributed by atoms with Crippen LogP contribution in [0.25, 0.3) is 0 Å². The van der Waals surface area contributed by atoms with Gasteiger partial charge in [0.2, 0.25) is 0 Å². The first-order chi connectivity index (χ1) is 9.21. The van der Waals surface area contributed by atoms with Crippen molar-refractivity contribution < 1.29 is 5.11 Å². The summed E-state index contributed by atoms with van der Waals surface area (Å²) in [4.78, 5) is 7.31. The highest BCUT2D eigenvalue weighted by Crippen LogP contribution is 2.17. The van der Waals surface area contributed by atoms with E-state index in [-0.39, 0.29) is 19.0 Å². The summed E-state index contributed by atoms with van der Waals surface area (Å²) in [6.45, 7) is 5.18. The molecule has 2 aromatic heterocycles. The van der Waals surface area contributed by atoms with Gasteiger partial charge in [0.05, 0.1) is 12.8 Å². The van der Waals surface area contributed by atoms with E-state index in [1.165, 1.54) is 11.3 Å². The predicted molar refractivity (Wildman–Crippen MR) is 82.9 cm³/mol. The van der Waals surface area contributed by atoms with Crippen LogP contribution in [-0.4, -0.2) is 37.9 Å². The number of aliphatic hydroxyl groups excluding tert-OH is 1. The smallest absolute Gasteiger partial charge is 0.180 e.